The maximum Gasteiger partial charge on any atom is 0.325 e. The quantitative estimate of drug-likeness (QED) is 0.180. The Morgan fingerprint density at radius 2 is 1.26 bits per heavy atom. The number of benzene rings is 1. The fraction of sp³-hybridized carbons (Fsp3) is 0.636. The Morgan fingerprint density at radius 3 is 1.65 bits per heavy atom. The average molecular weight is 525 g/mol. The van der Waals surface area contributed by atoms with Gasteiger partial charge in [0.1, 0.15) is 0 Å². The number of carbonyl (C=O) groups is 2. The third-order valence-corrected chi connectivity index (χ3v) is 7.09. The van der Waals surface area contributed by atoms with E-state index in [1.54, 1.807) is 12.1 Å². The molecule has 0 saturated carbocycles. The number of hydrogen-bond donors (Lipinski definition) is 4. The van der Waals surface area contributed by atoms with Gasteiger partial charge < -0.3 is 10.2 Å². The monoisotopic (exact) mass is 524 g/mol. The lowest BCUT2D eigenvalue weighted by Crippen LogP contribution is -2.31. The Morgan fingerprint density at radius 1 is 0.794 bits per heavy atom. The molecule has 1 atom stereocenters. The van der Waals surface area contributed by atoms with Crippen molar-refractivity contribution in [3.63, 3.8) is 0 Å². The number of hydrogen-bond acceptors (Lipinski definition) is 6. The van der Waals surface area contributed by atoms with E-state index in [2.05, 4.69) is 6.92 Å². The van der Waals surface area contributed by atoms with E-state index in [-0.39, 0.29) is 4.90 Å². The Hall–Kier alpha value is -2.02. The summed E-state index contributed by atoms with van der Waals surface area (Å²) in [6, 6.07) is 6.73. The van der Waals surface area contributed by atoms with Gasteiger partial charge in [0.25, 0.3) is 20.2 Å². The zero-order valence-electron chi connectivity index (χ0n) is 19.4. The van der Waals surface area contributed by atoms with Crippen LogP contribution in [-0.2, 0) is 36.2 Å². The highest BCUT2D eigenvalue weighted by molar-refractivity contribution is 7.87. The molecule has 0 radical (unpaired) electrons. The van der Waals surface area contributed by atoms with Gasteiger partial charge in [-0.3, -0.25) is 18.7 Å². The third-order valence-electron chi connectivity index (χ3n) is 5.05. The van der Waals surface area contributed by atoms with Crippen molar-refractivity contribution in [1.29, 1.82) is 0 Å². The molecule has 0 saturated heterocycles. The van der Waals surface area contributed by atoms with Crippen LogP contribution < -0.4 is 0 Å². The first-order valence-corrected chi connectivity index (χ1v) is 14.2. The van der Waals surface area contributed by atoms with Crippen LogP contribution in [0, 0.1) is 0 Å². The van der Waals surface area contributed by atoms with Crippen molar-refractivity contribution in [3.8, 4) is 0 Å². The van der Waals surface area contributed by atoms with E-state index in [9.17, 15) is 31.0 Å². The second kappa shape index (κ2) is 16.6. The minimum Gasteiger partial charge on any atom is -0.481 e. The highest BCUT2D eigenvalue weighted by Crippen LogP contribution is 2.18. The van der Waals surface area contributed by atoms with Gasteiger partial charge >= 0.3 is 11.9 Å². The van der Waals surface area contributed by atoms with Gasteiger partial charge in [-0.15, -0.1) is 0 Å². The van der Waals surface area contributed by atoms with Crippen molar-refractivity contribution >= 4 is 32.2 Å². The highest BCUT2D eigenvalue weighted by Gasteiger charge is 2.33. The first-order chi connectivity index (χ1) is 15.8. The maximum atomic E-state index is 11.3. The molecule has 4 N–H and O–H groups in total. The van der Waals surface area contributed by atoms with E-state index in [0.717, 1.165) is 18.4 Å². The van der Waals surface area contributed by atoms with Crippen molar-refractivity contribution in [2.45, 2.75) is 94.1 Å². The highest BCUT2D eigenvalue weighted by atomic mass is 32.2. The van der Waals surface area contributed by atoms with Crippen molar-refractivity contribution in [1.82, 2.24) is 0 Å². The van der Waals surface area contributed by atoms with Gasteiger partial charge in [-0.1, -0.05) is 82.9 Å². The molecule has 0 amide bonds. The van der Waals surface area contributed by atoms with E-state index in [1.165, 1.54) is 57.4 Å². The van der Waals surface area contributed by atoms with E-state index in [1.807, 2.05) is 6.07 Å². The first-order valence-electron chi connectivity index (χ1n) is 11.3. The van der Waals surface area contributed by atoms with Crippen LogP contribution in [0.1, 0.15) is 83.1 Å². The summed E-state index contributed by atoms with van der Waals surface area (Å²) in [7, 11) is -8.94. The Bertz CT molecular complexity index is 956. The summed E-state index contributed by atoms with van der Waals surface area (Å²) in [5, 5.41) is 13.9. The summed E-state index contributed by atoms with van der Waals surface area (Å²) >= 11 is 0. The van der Waals surface area contributed by atoms with Crippen molar-refractivity contribution < 1.29 is 45.7 Å². The zero-order valence-corrected chi connectivity index (χ0v) is 21.1. The van der Waals surface area contributed by atoms with Crippen LogP contribution in [0.5, 0.6) is 0 Å². The zero-order chi connectivity index (χ0) is 26.2. The number of carboxylic acid groups (broad SMARTS) is 2. The normalized spacial score (nSPS) is 12.4. The molecule has 34 heavy (non-hydrogen) atoms. The van der Waals surface area contributed by atoms with Crippen LogP contribution in [-0.4, -0.2) is 53.3 Å². The summed E-state index contributed by atoms with van der Waals surface area (Å²) in [6.45, 7) is 2.24. The molecule has 12 heteroatoms. The number of aryl methyl sites for hydroxylation is 1. The Labute approximate surface area is 201 Å². The Kier molecular flexibility index (Phi) is 15.6. The number of aliphatic carboxylic acids is 2. The van der Waals surface area contributed by atoms with Crippen LogP contribution in [0.4, 0.5) is 0 Å². The molecule has 0 fully saturated rings. The largest absolute Gasteiger partial charge is 0.481 e. The third kappa shape index (κ3) is 15.0. The van der Waals surface area contributed by atoms with Crippen LogP contribution in [0.25, 0.3) is 0 Å². The van der Waals surface area contributed by atoms with E-state index >= 15 is 0 Å². The van der Waals surface area contributed by atoms with Crippen molar-refractivity contribution in [2.24, 2.45) is 0 Å². The molecular formula is C22H36O10S2. The van der Waals surface area contributed by atoms with Crippen LogP contribution in [0.2, 0.25) is 0 Å². The summed E-state index contributed by atoms with van der Waals surface area (Å²) in [5.74, 6) is -3.50. The molecule has 0 aliphatic rings. The van der Waals surface area contributed by atoms with E-state index in [4.69, 9.17) is 14.8 Å². The Balaban J connectivity index is 0.000000770. The predicted molar refractivity (Wildman–Crippen MR) is 127 cm³/mol. The summed E-state index contributed by atoms with van der Waals surface area (Å²) in [5.41, 5.74) is 0.726. The second-order valence-corrected chi connectivity index (χ2v) is 10.9. The second-order valence-electron chi connectivity index (χ2n) is 7.95. The van der Waals surface area contributed by atoms with Gasteiger partial charge in [0.2, 0.25) is 0 Å². The summed E-state index contributed by atoms with van der Waals surface area (Å²) in [4.78, 5) is 20.1. The topological polar surface area (TPSA) is 183 Å². The molecule has 196 valence electrons. The average Bonchev–Trinajstić information content (AvgIpc) is 2.72. The van der Waals surface area contributed by atoms with Gasteiger partial charge in [0, 0.05) is 0 Å². The fourth-order valence-corrected chi connectivity index (χ4v) is 4.60. The SMILES string of the molecule is CCCCCCCCCCCCc1ccccc1S(=O)(=O)O.O=C(O)CC(C(=O)O)S(=O)(=O)O. The predicted octanol–water partition coefficient (Wildman–Crippen LogP) is 4.20. The summed E-state index contributed by atoms with van der Waals surface area (Å²) < 4.78 is 60.5. The standard InChI is InChI=1S/C18H30O3S.C4H6O7S/c1-2-3-4-5-6-7-8-9-10-11-14-17-15-12-13-16-18(17)22(19,20)21;5-3(6)1-2(4(7)8)12(9,10)11/h12-13,15-16H,2-11,14H2,1H3,(H,19,20,21);2H,1H2,(H,5,6)(H,7,8)(H,9,10,11). The van der Waals surface area contributed by atoms with Crippen molar-refractivity contribution in [3.05, 3.63) is 29.8 Å². The van der Waals surface area contributed by atoms with Gasteiger partial charge in [-0.05, 0) is 24.5 Å². The molecule has 1 aromatic rings. The summed E-state index contributed by atoms with van der Waals surface area (Å²) in [6.07, 6.45) is 12.2. The smallest absolute Gasteiger partial charge is 0.325 e. The van der Waals surface area contributed by atoms with E-state index in [0.29, 0.717) is 6.42 Å². The lowest BCUT2D eigenvalue weighted by Gasteiger charge is -2.07. The first kappa shape index (κ1) is 32.0. The van der Waals surface area contributed by atoms with Gasteiger partial charge in [-0.2, -0.15) is 16.8 Å². The number of rotatable bonds is 16. The van der Waals surface area contributed by atoms with Crippen LogP contribution in [0.3, 0.4) is 0 Å². The lowest BCUT2D eigenvalue weighted by atomic mass is 10.0. The van der Waals surface area contributed by atoms with Crippen molar-refractivity contribution in [2.75, 3.05) is 0 Å². The maximum absolute atomic E-state index is 11.3. The van der Waals surface area contributed by atoms with Crippen LogP contribution >= 0.6 is 0 Å². The molecule has 0 bridgehead atoms. The molecule has 1 aromatic carbocycles. The van der Waals surface area contributed by atoms with Crippen LogP contribution in [0.15, 0.2) is 29.2 Å². The number of carboxylic acids is 2. The van der Waals surface area contributed by atoms with Gasteiger partial charge in [0.05, 0.1) is 11.3 Å². The fourth-order valence-electron chi connectivity index (χ4n) is 3.24. The van der Waals surface area contributed by atoms with E-state index < -0.39 is 43.8 Å². The molecule has 0 aliphatic carbocycles. The minimum atomic E-state index is -4.84. The molecule has 1 rings (SSSR count). The minimum absolute atomic E-state index is 0.0610. The van der Waals surface area contributed by atoms with Gasteiger partial charge in [0.15, 0.2) is 5.25 Å². The molecule has 0 aliphatic heterocycles. The number of unbranched alkanes of at least 4 members (excludes halogenated alkanes) is 9. The molecule has 10 nitrogen and oxygen atoms in total. The molecular weight excluding hydrogens is 488 g/mol. The van der Waals surface area contributed by atoms with Gasteiger partial charge in [-0.25, -0.2) is 0 Å². The molecule has 0 spiro atoms. The lowest BCUT2D eigenvalue weighted by molar-refractivity contribution is -0.143. The molecule has 1 unspecified atom stereocenters. The molecule has 0 aromatic heterocycles. The molecule has 0 heterocycles.